The molecule has 2 amide bonds. The molecule has 1 atom stereocenters. The van der Waals surface area contributed by atoms with E-state index in [1.807, 2.05) is 60.4 Å². The molecule has 0 unspecified atom stereocenters. The fourth-order valence-corrected chi connectivity index (χ4v) is 4.35. The van der Waals surface area contributed by atoms with Gasteiger partial charge in [-0.25, -0.2) is 15.0 Å². The number of pyridine rings is 1. The molecule has 1 saturated heterocycles. The second-order valence-corrected chi connectivity index (χ2v) is 8.72. The number of nitrogens with zero attached hydrogens (tertiary/aromatic N) is 4. The number of hydrazine groups is 1. The lowest BCUT2D eigenvalue weighted by Gasteiger charge is -2.31. The summed E-state index contributed by atoms with van der Waals surface area (Å²) in [7, 11) is 0. The van der Waals surface area contributed by atoms with Crippen LogP contribution in [0.1, 0.15) is 28.8 Å². The number of hydrogen-bond acceptors (Lipinski definition) is 6. The van der Waals surface area contributed by atoms with E-state index in [-0.39, 0.29) is 17.7 Å². The zero-order valence-electron chi connectivity index (χ0n) is 19.4. The van der Waals surface area contributed by atoms with Gasteiger partial charge >= 0.3 is 0 Å². The standard InChI is InChI=1S/C27H26N6O2/c1-18-9-11-19(12-10-18)24-16-22(21-7-2-3-8-23(21)30-24)26(35)32-31-25(34)20-6-4-15-33(17-20)27-28-13-5-14-29-27/h2-3,5,7-14,16,20H,4,6,15,17H2,1H3,(H,31,34)(H,32,35)/t20-/m1/s1. The van der Waals surface area contributed by atoms with Crippen molar-refractivity contribution < 1.29 is 9.59 Å². The van der Waals surface area contributed by atoms with E-state index in [9.17, 15) is 9.59 Å². The van der Waals surface area contributed by atoms with Gasteiger partial charge in [-0.2, -0.15) is 0 Å². The summed E-state index contributed by atoms with van der Waals surface area (Å²) in [6.45, 7) is 3.32. The summed E-state index contributed by atoms with van der Waals surface area (Å²) >= 11 is 0. The number of para-hydroxylation sites is 1. The lowest BCUT2D eigenvalue weighted by atomic mass is 9.97. The molecule has 0 spiro atoms. The van der Waals surface area contributed by atoms with Crippen molar-refractivity contribution in [3.63, 3.8) is 0 Å². The average molecular weight is 467 g/mol. The van der Waals surface area contributed by atoms with E-state index in [4.69, 9.17) is 4.98 Å². The highest BCUT2D eigenvalue weighted by Crippen LogP contribution is 2.25. The van der Waals surface area contributed by atoms with Gasteiger partial charge in [-0.3, -0.25) is 20.4 Å². The largest absolute Gasteiger partial charge is 0.340 e. The molecule has 8 nitrogen and oxygen atoms in total. The topological polar surface area (TPSA) is 100 Å². The smallest absolute Gasteiger partial charge is 0.270 e. The molecule has 4 aromatic rings. The van der Waals surface area contributed by atoms with E-state index in [1.165, 1.54) is 0 Å². The highest BCUT2D eigenvalue weighted by molar-refractivity contribution is 6.07. The van der Waals surface area contributed by atoms with Crippen molar-refractivity contribution in [1.29, 1.82) is 0 Å². The fraction of sp³-hybridized carbons (Fsp3) is 0.222. The van der Waals surface area contributed by atoms with Crippen LogP contribution in [0.25, 0.3) is 22.2 Å². The maximum atomic E-state index is 13.2. The Balaban J connectivity index is 1.32. The monoisotopic (exact) mass is 466 g/mol. The second kappa shape index (κ2) is 9.89. The third-order valence-electron chi connectivity index (χ3n) is 6.23. The third-order valence-corrected chi connectivity index (χ3v) is 6.23. The van der Waals surface area contributed by atoms with Crippen molar-refractivity contribution in [1.82, 2.24) is 25.8 Å². The van der Waals surface area contributed by atoms with E-state index in [1.54, 1.807) is 24.5 Å². The number of fused-ring (bicyclic) bond motifs is 1. The van der Waals surface area contributed by atoms with Crippen LogP contribution in [-0.4, -0.2) is 39.9 Å². The number of nitrogens with one attached hydrogen (secondary N) is 2. The molecule has 0 radical (unpaired) electrons. The van der Waals surface area contributed by atoms with Crippen LogP contribution < -0.4 is 15.8 Å². The molecule has 1 fully saturated rings. The van der Waals surface area contributed by atoms with Crippen LogP contribution >= 0.6 is 0 Å². The van der Waals surface area contributed by atoms with Gasteiger partial charge in [-0.05, 0) is 38.0 Å². The summed E-state index contributed by atoms with van der Waals surface area (Å²) in [6.07, 6.45) is 4.96. The van der Waals surface area contributed by atoms with Crippen LogP contribution in [0.4, 0.5) is 5.95 Å². The lowest BCUT2D eigenvalue weighted by molar-refractivity contribution is -0.126. The number of aryl methyl sites for hydroxylation is 1. The van der Waals surface area contributed by atoms with Crippen molar-refractivity contribution in [2.45, 2.75) is 19.8 Å². The number of carbonyl (C=O) groups is 2. The van der Waals surface area contributed by atoms with Gasteiger partial charge in [0, 0.05) is 36.4 Å². The summed E-state index contributed by atoms with van der Waals surface area (Å²) in [6, 6.07) is 19.0. The first-order valence-corrected chi connectivity index (χ1v) is 11.7. The molecule has 2 aromatic carbocycles. The van der Waals surface area contributed by atoms with Crippen molar-refractivity contribution >= 4 is 28.7 Å². The molecule has 8 heteroatoms. The van der Waals surface area contributed by atoms with Gasteiger partial charge in [-0.1, -0.05) is 48.0 Å². The van der Waals surface area contributed by atoms with Crippen molar-refractivity contribution in [2.24, 2.45) is 5.92 Å². The summed E-state index contributed by atoms with van der Waals surface area (Å²) < 4.78 is 0. The number of aromatic nitrogens is 3. The molecule has 176 valence electrons. The molecule has 1 aliphatic rings. The maximum absolute atomic E-state index is 13.2. The van der Waals surface area contributed by atoms with Crippen molar-refractivity contribution in [2.75, 3.05) is 18.0 Å². The number of piperidine rings is 1. The molecule has 1 aliphatic heterocycles. The molecular formula is C27H26N6O2. The Morgan fingerprint density at radius 3 is 2.54 bits per heavy atom. The molecule has 0 saturated carbocycles. The molecule has 2 N–H and O–H groups in total. The minimum atomic E-state index is -0.385. The molecule has 0 aliphatic carbocycles. The molecule has 35 heavy (non-hydrogen) atoms. The van der Waals surface area contributed by atoms with Gasteiger partial charge in [-0.15, -0.1) is 0 Å². The van der Waals surface area contributed by atoms with Crippen LogP contribution in [0.3, 0.4) is 0 Å². The van der Waals surface area contributed by atoms with Gasteiger partial charge in [0.15, 0.2) is 0 Å². The number of carbonyl (C=O) groups excluding carboxylic acids is 2. The summed E-state index contributed by atoms with van der Waals surface area (Å²) in [5.41, 5.74) is 9.18. The number of rotatable bonds is 4. The van der Waals surface area contributed by atoms with Gasteiger partial charge in [0.05, 0.1) is 22.7 Å². The van der Waals surface area contributed by atoms with E-state index < -0.39 is 0 Å². The van der Waals surface area contributed by atoms with Gasteiger partial charge in [0.1, 0.15) is 0 Å². The molecule has 3 heterocycles. The molecule has 0 bridgehead atoms. The van der Waals surface area contributed by atoms with E-state index in [0.29, 0.717) is 29.3 Å². The number of benzene rings is 2. The predicted octanol–water partition coefficient (Wildman–Crippen LogP) is 3.68. The average Bonchev–Trinajstić information content (AvgIpc) is 2.92. The summed E-state index contributed by atoms with van der Waals surface area (Å²) in [5.74, 6) is -0.272. The molecular weight excluding hydrogens is 440 g/mol. The Hall–Kier alpha value is -4.33. The van der Waals surface area contributed by atoms with E-state index in [0.717, 1.165) is 35.9 Å². The van der Waals surface area contributed by atoms with Crippen LogP contribution in [0.2, 0.25) is 0 Å². The predicted molar refractivity (Wildman–Crippen MR) is 134 cm³/mol. The Morgan fingerprint density at radius 1 is 0.971 bits per heavy atom. The number of anilines is 1. The molecule has 2 aromatic heterocycles. The SMILES string of the molecule is Cc1ccc(-c2cc(C(=O)NNC(=O)[C@@H]3CCCN(c4ncccn4)C3)c3ccccc3n2)cc1. The van der Waals surface area contributed by atoms with Gasteiger partial charge in [0.2, 0.25) is 11.9 Å². The Bertz CT molecular complexity index is 1360. The third kappa shape index (κ3) is 4.96. The van der Waals surface area contributed by atoms with E-state index in [2.05, 4.69) is 20.8 Å². The van der Waals surface area contributed by atoms with Crippen LogP contribution in [0.15, 0.2) is 73.1 Å². The van der Waals surface area contributed by atoms with Crippen LogP contribution in [0.5, 0.6) is 0 Å². The number of amides is 2. The number of hydrogen-bond donors (Lipinski definition) is 2. The zero-order chi connectivity index (χ0) is 24.2. The first-order valence-electron chi connectivity index (χ1n) is 11.7. The fourth-order valence-electron chi connectivity index (χ4n) is 4.35. The van der Waals surface area contributed by atoms with Crippen LogP contribution in [0, 0.1) is 12.8 Å². The Kier molecular flexibility index (Phi) is 6.34. The summed E-state index contributed by atoms with van der Waals surface area (Å²) in [5, 5.41) is 0.722. The van der Waals surface area contributed by atoms with Gasteiger partial charge < -0.3 is 4.90 Å². The maximum Gasteiger partial charge on any atom is 0.270 e. The van der Waals surface area contributed by atoms with E-state index >= 15 is 0 Å². The molecule has 5 rings (SSSR count). The normalized spacial score (nSPS) is 15.6. The Labute approximate surface area is 203 Å². The highest BCUT2D eigenvalue weighted by atomic mass is 16.2. The quantitative estimate of drug-likeness (QED) is 0.445. The van der Waals surface area contributed by atoms with Crippen molar-refractivity contribution in [3.8, 4) is 11.3 Å². The first kappa shape index (κ1) is 22.5. The minimum Gasteiger partial charge on any atom is -0.340 e. The minimum absolute atomic E-state index is 0.226. The zero-order valence-corrected chi connectivity index (χ0v) is 19.4. The van der Waals surface area contributed by atoms with Crippen LogP contribution in [-0.2, 0) is 4.79 Å². The first-order chi connectivity index (χ1) is 17.1. The lowest BCUT2D eigenvalue weighted by Crippen LogP contribution is -2.49. The highest BCUT2D eigenvalue weighted by Gasteiger charge is 2.27. The second-order valence-electron chi connectivity index (χ2n) is 8.72. The Morgan fingerprint density at radius 2 is 1.74 bits per heavy atom. The van der Waals surface area contributed by atoms with Crippen molar-refractivity contribution in [3.05, 3.63) is 84.2 Å². The summed E-state index contributed by atoms with van der Waals surface area (Å²) in [4.78, 5) is 41.4. The van der Waals surface area contributed by atoms with Gasteiger partial charge in [0.25, 0.3) is 5.91 Å².